The van der Waals surface area contributed by atoms with Crippen molar-refractivity contribution in [1.29, 1.82) is 0 Å². The van der Waals surface area contributed by atoms with Crippen LogP contribution in [-0.2, 0) is 0 Å². The Bertz CT molecular complexity index is 599. The van der Waals surface area contributed by atoms with Crippen molar-refractivity contribution in [1.82, 2.24) is 0 Å². The molecule has 0 fully saturated rings. The Balaban J connectivity index is 2.30. The fourth-order valence-corrected chi connectivity index (χ4v) is 1.82. The van der Waals surface area contributed by atoms with E-state index in [1.807, 2.05) is 13.8 Å². The van der Waals surface area contributed by atoms with E-state index in [4.69, 9.17) is 4.74 Å². The zero-order chi connectivity index (χ0) is 14.7. The van der Waals surface area contributed by atoms with Crippen LogP contribution in [0.5, 0.6) is 5.75 Å². The number of hydrogen-bond donors (Lipinski definition) is 0. The first-order chi connectivity index (χ1) is 9.49. The van der Waals surface area contributed by atoms with Gasteiger partial charge in [-0.15, -0.1) is 0 Å². The van der Waals surface area contributed by atoms with Crippen LogP contribution in [0.4, 0.5) is 8.78 Å². The summed E-state index contributed by atoms with van der Waals surface area (Å²) in [5.74, 6) is -1.81. The third-order valence-electron chi connectivity index (χ3n) is 2.68. The molecule has 0 aliphatic carbocycles. The Hall–Kier alpha value is -2.23. The zero-order valence-corrected chi connectivity index (χ0v) is 11.2. The smallest absolute Gasteiger partial charge is 0.198 e. The van der Waals surface area contributed by atoms with Crippen LogP contribution in [0, 0.1) is 11.6 Å². The molecule has 0 atom stereocenters. The second-order valence-electron chi connectivity index (χ2n) is 4.62. The molecule has 0 heterocycles. The Morgan fingerprint density at radius 2 is 1.55 bits per heavy atom. The van der Waals surface area contributed by atoms with Crippen LogP contribution in [-0.4, -0.2) is 11.9 Å². The van der Waals surface area contributed by atoms with E-state index >= 15 is 0 Å². The first-order valence-electron chi connectivity index (χ1n) is 6.24. The summed E-state index contributed by atoms with van der Waals surface area (Å²) < 4.78 is 32.5. The lowest BCUT2D eigenvalue weighted by atomic mass is 10.0. The van der Waals surface area contributed by atoms with Crippen LogP contribution in [0.3, 0.4) is 0 Å². The highest BCUT2D eigenvalue weighted by Gasteiger charge is 2.18. The van der Waals surface area contributed by atoms with Crippen LogP contribution in [0.25, 0.3) is 0 Å². The number of carbonyl (C=O) groups excluding carboxylic acids is 1. The van der Waals surface area contributed by atoms with E-state index in [1.54, 1.807) is 12.1 Å². The summed E-state index contributed by atoms with van der Waals surface area (Å²) in [6, 6.07) is 9.54. The molecule has 4 heteroatoms. The molecule has 0 unspecified atom stereocenters. The number of rotatable bonds is 4. The van der Waals surface area contributed by atoms with Gasteiger partial charge in [0, 0.05) is 5.56 Å². The molecule has 0 saturated heterocycles. The van der Waals surface area contributed by atoms with Crippen LogP contribution in [0.2, 0.25) is 0 Å². The van der Waals surface area contributed by atoms with Crippen molar-refractivity contribution in [2.45, 2.75) is 20.0 Å². The third kappa shape index (κ3) is 3.02. The van der Waals surface area contributed by atoms with Crippen molar-refractivity contribution >= 4 is 5.78 Å². The number of hydrogen-bond acceptors (Lipinski definition) is 2. The van der Waals surface area contributed by atoms with Crippen molar-refractivity contribution in [3.8, 4) is 5.75 Å². The standard InChI is InChI=1S/C16H14F2O2/c1-10(2)20-12-8-6-11(7-9-12)16(19)15-13(17)4-3-5-14(15)18/h3-10H,1-2H3. The van der Waals surface area contributed by atoms with Gasteiger partial charge in [-0.1, -0.05) is 6.07 Å². The maximum atomic E-state index is 13.6. The summed E-state index contributed by atoms with van der Waals surface area (Å²) in [4.78, 5) is 12.1. The molecular weight excluding hydrogens is 262 g/mol. The summed E-state index contributed by atoms with van der Waals surface area (Å²) in [5, 5.41) is 0. The first-order valence-corrected chi connectivity index (χ1v) is 6.24. The monoisotopic (exact) mass is 276 g/mol. The minimum atomic E-state index is -0.863. The fraction of sp³-hybridized carbons (Fsp3) is 0.188. The quantitative estimate of drug-likeness (QED) is 0.789. The Morgan fingerprint density at radius 1 is 1.00 bits per heavy atom. The highest BCUT2D eigenvalue weighted by Crippen LogP contribution is 2.20. The third-order valence-corrected chi connectivity index (χ3v) is 2.68. The number of ether oxygens (including phenoxy) is 1. The predicted molar refractivity (Wildman–Crippen MR) is 72.0 cm³/mol. The average molecular weight is 276 g/mol. The normalized spacial score (nSPS) is 10.7. The second-order valence-corrected chi connectivity index (χ2v) is 4.62. The number of benzene rings is 2. The van der Waals surface area contributed by atoms with Crippen LogP contribution in [0.15, 0.2) is 42.5 Å². The lowest BCUT2D eigenvalue weighted by Crippen LogP contribution is -2.08. The van der Waals surface area contributed by atoms with E-state index in [0.29, 0.717) is 5.75 Å². The van der Waals surface area contributed by atoms with Gasteiger partial charge in [0.2, 0.25) is 0 Å². The largest absolute Gasteiger partial charge is 0.491 e. The Kier molecular flexibility index (Phi) is 4.13. The summed E-state index contributed by atoms with van der Waals surface area (Å²) in [7, 11) is 0. The molecule has 0 aliphatic heterocycles. The van der Waals surface area contributed by atoms with Gasteiger partial charge < -0.3 is 4.74 Å². The van der Waals surface area contributed by atoms with Crippen molar-refractivity contribution in [3.05, 3.63) is 65.2 Å². The van der Waals surface area contributed by atoms with Gasteiger partial charge in [-0.25, -0.2) is 8.78 Å². The minimum Gasteiger partial charge on any atom is -0.491 e. The van der Waals surface area contributed by atoms with Gasteiger partial charge in [-0.2, -0.15) is 0 Å². The average Bonchev–Trinajstić information content (AvgIpc) is 2.38. The molecular formula is C16H14F2O2. The maximum absolute atomic E-state index is 13.6. The van der Waals surface area contributed by atoms with Crippen LogP contribution >= 0.6 is 0 Å². The molecule has 0 aliphatic rings. The molecule has 0 aromatic heterocycles. The molecule has 2 rings (SSSR count). The van der Waals surface area contributed by atoms with Gasteiger partial charge in [0.25, 0.3) is 0 Å². The van der Waals surface area contributed by atoms with Gasteiger partial charge >= 0.3 is 0 Å². The van der Waals surface area contributed by atoms with Gasteiger partial charge in [0.15, 0.2) is 5.78 Å². The SMILES string of the molecule is CC(C)Oc1ccc(C(=O)c2c(F)cccc2F)cc1. The highest BCUT2D eigenvalue weighted by atomic mass is 19.1. The van der Waals surface area contributed by atoms with E-state index in [1.165, 1.54) is 18.2 Å². The molecule has 2 aromatic carbocycles. The van der Waals surface area contributed by atoms with Crippen LogP contribution in [0.1, 0.15) is 29.8 Å². The predicted octanol–water partition coefficient (Wildman–Crippen LogP) is 3.98. The van der Waals surface area contributed by atoms with Gasteiger partial charge in [0.05, 0.1) is 11.7 Å². The molecule has 0 bridgehead atoms. The second kappa shape index (κ2) is 5.82. The highest BCUT2D eigenvalue weighted by molar-refractivity contribution is 6.09. The summed E-state index contributed by atoms with van der Waals surface area (Å²) >= 11 is 0. The molecule has 104 valence electrons. The lowest BCUT2D eigenvalue weighted by molar-refractivity contribution is 0.103. The molecule has 0 N–H and O–H groups in total. The summed E-state index contributed by atoms with van der Waals surface area (Å²) in [6.45, 7) is 3.77. The fourth-order valence-electron chi connectivity index (χ4n) is 1.82. The van der Waals surface area contributed by atoms with Crippen molar-refractivity contribution in [2.75, 3.05) is 0 Å². The molecule has 0 spiro atoms. The van der Waals surface area contributed by atoms with Crippen molar-refractivity contribution in [2.24, 2.45) is 0 Å². The van der Waals surface area contributed by atoms with Crippen LogP contribution < -0.4 is 4.74 Å². The molecule has 20 heavy (non-hydrogen) atoms. The van der Waals surface area contributed by atoms with E-state index in [9.17, 15) is 13.6 Å². The first kappa shape index (κ1) is 14.2. The molecule has 0 amide bonds. The summed E-state index contributed by atoms with van der Waals surface area (Å²) in [6.07, 6.45) is 0.0144. The zero-order valence-electron chi connectivity index (χ0n) is 11.2. The van der Waals surface area contributed by atoms with E-state index in [0.717, 1.165) is 12.1 Å². The van der Waals surface area contributed by atoms with Gasteiger partial charge in [0.1, 0.15) is 17.4 Å². The molecule has 0 saturated carbocycles. The van der Waals surface area contributed by atoms with Gasteiger partial charge in [-0.05, 0) is 50.2 Å². The summed E-state index contributed by atoms with van der Waals surface area (Å²) in [5.41, 5.74) is -0.324. The van der Waals surface area contributed by atoms with Gasteiger partial charge in [-0.3, -0.25) is 4.79 Å². The minimum absolute atomic E-state index is 0.0144. The lowest BCUT2D eigenvalue weighted by Gasteiger charge is -2.10. The number of carbonyl (C=O) groups is 1. The molecule has 2 aromatic rings. The van der Waals surface area contributed by atoms with E-state index < -0.39 is 23.0 Å². The number of halogens is 2. The maximum Gasteiger partial charge on any atom is 0.198 e. The Labute approximate surface area is 116 Å². The molecule has 0 radical (unpaired) electrons. The topological polar surface area (TPSA) is 26.3 Å². The van der Waals surface area contributed by atoms with E-state index in [-0.39, 0.29) is 11.7 Å². The Morgan fingerprint density at radius 3 is 2.05 bits per heavy atom. The van der Waals surface area contributed by atoms with Crippen molar-refractivity contribution < 1.29 is 18.3 Å². The van der Waals surface area contributed by atoms with Crippen molar-refractivity contribution in [3.63, 3.8) is 0 Å². The molecule has 2 nitrogen and oxygen atoms in total. The van der Waals surface area contributed by atoms with E-state index in [2.05, 4.69) is 0 Å². The number of ketones is 1.